The summed E-state index contributed by atoms with van der Waals surface area (Å²) >= 11 is 0. The molecule has 1 atom stereocenters. The number of aromatic nitrogens is 1. The van der Waals surface area contributed by atoms with E-state index >= 15 is 0 Å². The summed E-state index contributed by atoms with van der Waals surface area (Å²) in [6.45, 7) is 4.25. The van der Waals surface area contributed by atoms with Crippen LogP contribution < -0.4 is 10.6 Å². The number of carbonyl (C=O) groups excluding carboxylic acids is 1. The highest BCUT2D eigenvalue weighted by atomic mass is 16.5. The summed E-state index contributed by atoms with van der Waals surface area (Å²) in [6.07, 6.45) is 3.65. The SMILES string of the molecule is CCNc1ccc(C(=O)NC2CCCOC2)nc1. The van der Waals surface area contributed by atoms with Crippen LogP contribution in [0.4, 0.5) is 5.69 Å². The number of nitrogens with zero attached hydrogens (tertiary/aromatic N) is 1. The van der Waals surface area contributed by atoms with Gasteiger partial charge in [-0.15, -0.1) is 0 Å². The van der Waals surface area contributed by atoms with E-state index in [1.165, 1.54) is 0 Å². The van der Waals surface area contributed by atoms with Crippen LogP contribution in [-0.2, 0) is 4.74 Å². The lowest BCUT2D eigenvalue weighted by Crippen LogP contribution is -2.40. The van der Waals surface area contributed by atoms with E-state index in [1.54, 1.807) is 12.3 Å². The number of amides is 1. The molecule has 98 valence electrons. The topological polar surface area (TPSA) is 63.2 Å². The van der Waals surface area contributed by atoms with Gasteiger partial charge in [-0.1, -0.05) is 0 Å². The van der Waals surface area contributed by atoms with Crippen molar-refractivity contribution in [3.05, 3.63) is 24.0 Å². The number of hydrogen-bond acceptors (Lipinski definition) is 4. The quantitative estimate of drug-likeness (QED) is 0.847. The van der Waals surface area contributed by atoms with Gasteiger partial charge in [-0.05, 0) is 31.9 Å². The van der Waals surface area contributed by atoms with Crippen molar-refractivity contribution in [2.75, 3.05) is 25.1 Å². The summed E-state index contributed by atoms with van der Waals surface area (Å²) in [7, 11) is 0. The number of pyridine rings is 1. The molecular weight excluding hydrogens is 230 g/mol. The second kappa shape index (κ2) is 6.35. The maximum atomic E-state index is 11.9. The highest BCUT2D eigenvalue weighted by molar-refractivity contribution is 5.92. The fourth-order valence-corrected chi connectivity index (χ4v) is 1.95. The molecule has 0 saturated carbocycles. The van der Waals surface area contributed by atoms with Crippen molar-refractivity contribution in [2.24, 2.45) is 0 Å². The van der Waals surface area contributed by atoms with Gasteiger partial charge in [-0.3, -0.25) is 4.79 Å². The molecule has 0 radical (unpaired) electrons. The van der Waals surface area contributed by atoms with Gasteiger partial charge in [-0.25, -0.2) is 4.98 Å². The summed E-state index contributed by atoms with van der Waals surface area (Å²) in [5, 5.41) is 6.08. The van der Waals surface area contributed by atoms with Crippen molar-refractivity contribution in [2.45, 2.75) is 25.8 Å². The Kier molecular flexibility index (Phi) is 4.52. The molecule has 1 aromatic heterocycles. The summed E-state index contributed by atoms with van der Waals surface area (Å²) in [5.41, 5.74) is 1.37. The molecule has 0 bridgehead atoms. The average molecular weight is 249 g/mol. The van der Waals surface area contributed by atoms with E-state index < -0.39 is 0 Å². The lowest BCUT2D eigenvalue weighted by Gasteiger charge is -2.22. The third-order valence-electron chi connectivity index (χ3n) is 2.87. The van der Waals surface area contributed by atoms with Crippen molar-refractivity contribution < 1.29 is 9.53 Å². The van der Waals surface area contributed by atoms with Crippen LogP contribution in [0.15, 0.2) is 18.3 Å². The van der Waals surface area contributed by atoms with Crippen LogP contribution in [0.5, 0.6) is 0 Å². The van der Waals surface area contributed by atoms with Crippen LogP contribution in [0.25, 0.3) is 0 Å². The Morgan fingerprint density at radius 3 is 3.06 bits per heavy atom. The minimum Gasteiger partial charge on any atom is -0.384 e. The summed E-state index contributed by atoms with van der Waals surface area (Å²) in [5.74, 6) is -0.131. The predicted molar refractivity (Wildman–Crippen MR) is 69.7 cm³/mol. The zero-order valence-electron chi connectivity index (χ0n) is 10.6. The Bertz CT molecular complexity index is 386. The van der Waals surface area contributed by atoms with Crippen molar-refractivity contribution in [3.63, 3.8) is 0 Å². The van der Waals surface area contributed by atoms with E-state index in [0.717, 1.165) is 31.7 Å². The fourth-order valence-electron chi connectivity index (χ4n) is 1.95. The van der Waals surface area contributed by atoms with Gasteiger partial charge in [0.25, 0.3) is 5.91 Å². The van der Waals surface area contributed by atoms with Crippen molar-refractivity contribution in [1.82, 2.24) is 10.3 Å². The standard InChI is InChI=1S/C13H19N3O2/c1-2-14-10-5-6-12(15-8-10)13(17)16-11-4-3-7-18-9-11/h5-6,8,11,14H,2-4,7,9H2,1H3,(H,16,17). The fraction of sp³-hybridized carbons (Fsp3) is 0.538. The maximum Gasteiger partial charge on any atom is 0.270 e. The Hall–Kier alpha value is -1.62. The minimum absolute atomic E-state index is 0.112. The van der Waals surface area contributed by atoms with Crippen molar-refractivity contribution in [1.29, 1.82) is 0 Å². The number of carbonyl (C=O) groups is 1. The van der Waals surface area contributed by atoms with Crippen LogP contribution in [0.3, 0.4) is 0 Å². The third-order valence-corrected chi connectivity index (χ3v) is 2.87. The molecule has 1 aliphatic rings. The van der Waals surface area contributed by atoms with Crippen LogP contribution in [-0.4, -0.2) is 36.7 Å². The van der Waals surface area contributed by atoms with Gasteiger partial charge >= 0.3 is 0 Å². The molecule has 1 fully saturated rings. The average Bonchev–Trinajstić information content (AvgIpc) is 2.41. The first-order valence-electron chi connectivity index (χ1n) is 6.38. The maximum absolute atomic E-state index is 11.9. The van der Waals surface area contributed by atoms with Crippen molar-refractivity contribution in [3.8, 4) is 0 Å². The van der Waals surface area contributed by atoms with Gasteiger partial charge in [-0.2, -0.15) is 0 Å². The van der Waals surface area contributed by atoms with Crippen LogP contribution in [0.1, 0.15) is 30.3 Å². The predicted octanol–water partition coefficient (Wildman–Crippen LogP) is 1.42. The Balaban J connectivity index is 1.91. The number of anilines is 1. The van der Waals surface area contributed by atoms with Gasteiger partial charge in [0.15, 0.2) is 0 Å². The molecule has 0 aliphatic carbocycles. The lowest BCUT2D eigenvalue weighted by molar-refractivity contribution is 0.0622. The largest absolute Gasteiger partial charge is 0.384 e. The van der Waals surface area contributed by atoms with Crippen LogP contribution in [0.2, 0.25) is 0 Å². The molecular formula is C13H19N3O2. The smallest absolute Gasteiger partial charge is 0.270 e. The molecule has 2 heterocycles. The second-order valence-corrected chi connectivity index (χ2v) is 4.35. The molecule has 5 heteroatoms. The van der Waals surface area contributed by atoms with E-state index in [0.29, 0.717) is 12.3 Å². The Morgan fingerprint density at radius 2 is 2.44 bits per heavy atom. The number of rotatable bonds is 4. The molecule has 5 nitrogen and oxygen atoms in total. The molecule has 1 aliphatic heterocycles. The van der Waals surface area contributed by atoms with Gasteiger partial charge < -0.3 is 15.4 Å². The molecule has 0 aromatic carbocycles. The molecule has 1 unspecified atom stereocenters. The lowest BCUT2D eigenvalue weighted by atomic mass is 10.1. The minimum atomic E-state index is -0.131. The van der Waals surface area contributed by atoms with E-state index in [1.807, 2.05) is 13.0 Å². The monoisotopic (exact) mass is 249 g/mol. The zero-order valence-corrected chi connectivity index (χ0v) is 10.6. The van der Waals surface area contributed by atoms with Gasteiger partial charge in [0, 0.05) is 13.2 Å². The second-order valence-electron chi connectivity index (χ2n) is 4.35. The van der Waals surface area contributed by atoms with Crippen molar-refractivity contribution >= 4 is 11.6 Å². The van der Waals surface area contributed by atoms with E-state index in [2.05, 4.69) is 15.6 Å². The molecule has 1 amide bonds. The Labute approximate surface area is 107 Å². The molecule has 18 heavy (non-hydrogen) atoms. The molecule has 2 N–H and O–H groups in total. The van der Waals surface area contributed by atoms with E-state index in [-0.39, 0.29) is 11.9 Å². The summed E-state index contributed by atoms with van der Waals surface area (Å²) < 4.78 is 5.32. The number of hydrogen-bond donors (Lipinski definition) is 2. The summed E-state index contributed by atoms with van der Waals surface area (Å²) in [6, 6.07) is 3.71. The first kappa shape index (κ1) is 12.8. The third kappa shape index (κ3) is 3.43. The molecule has 1 saturated heterocycles. The van der Waals surface area contributed by atoms with E-state index in [9.17, 15) is 4.79 Å². The van der Waals surface area contributed by atoms with Gasteiger partial charge in [0.1, 0.15) is 5.69 Å². The van der Waals surface area contributed by atoms with E-state index in [4.69, 9.17) is 4.74 Å². The van der Waals surface area contributed by atoms with Gasteiger partial charge in [0.05, 0.1) is 24.5 Å². The van der Waals surface area contributed by atoms with Crippen LogP contribution in [0, 0.1) is 0 Å². The number of nitrogens with one attached hydrogen (secondary N) is 2. The highest BCUT2D eigenvalue weighted by Crippen LogP contribution is 2.08. The van der Waals surface area contributed by atoms with Gasteiger partial charge in [0.2, 0.25) is 0 Å². The number of ether oxygens (including phenoxy) is 1. The molecule has 1 aromatic rings. The highest BCUT2D eigenvalue weighted by Gasteiger charge is 2.17. The Morgan fingerprint density at radius 1 is 1.56 bits per heavy atom. The molecule has 2 rings (SSSR count). The summed E-state index contributed by atoms with van der Waals surface area (Å²) in [4.78, 5) is 16.1. The van der Waals surface area contributed by atoms with Crippen LogP contribution >= 0.6 is 0 Å². The first-order chi connectivity index (χ1) is 8.79. The zero-order chi connectivity index (χ0) is 12.8. The molecule has 0 spiro atoms. The normalized spacial score (nSPS) is 19.3. The first-order valence-corrected chi connectivity index (χ1v) is 6.38.